The van der Waals surface area contributed by atoms with Gasteiger partial charge in [0.2, 0.25) is 5.91 Å². The van der Waals surface area contributed by atoms with Crippen LogP contribution in [-0.4, -0.2) is 59.1 Å². The van der Waals surface area contributed by atoms with Crippen molar-refractivity contribution in [1.82, 2.24) is 9.80 Å². The average Bonchev–Trinajstić information content (AvgIpc) is 2.25. The third kappa shape index (κ3) is 3.04. The SMILES string of the molecule is CCC1(O)CN(CC(=O)N2CC(C)CC(C)C2)C1. The molecule has 0 radical (unpaired) electrons. The van der Waals surface area contributed by atoms with E-state index < -0.39 is 5.60 Å². The molecule has 1 N–H and O–H groups in total. The van der Waals surface area contributed by atoms with Gasteiger partial charge in [-0.3, -0.25) is 9.69 Å². The second-order valence-corrected chi connectivity index (χ2v) is 6.47. The van der Waals surface area contributed by atoms with Crippen molar-refractivity contribution in [1.29, 1.82) is 0 Å². The fraction of sp³-hybridized carbons (Fsp3) is 0.929. The first-order valence-electron chi connectivity index (χ1n) is 7.14. The molecule has 18 heavy (non-hydrogen) atoms. The fourth-order valence-corrected chi connectivity index (χ4v) is 3.28. The first-order valence-corrected chi connectivity index (χ1v) is 7.14. The van der Waals surface area contributed by atoms with E-state index in [1.807, 2.05) is 11.8 Å². The third-order valence-electron chi connectivity index (χ3n) is 4.27. The van der Waals surface area contributed by atoms with Crippen LogP contribution in [-0.2, 0) is 4.79 Å². The summed E-state index contributed by atoms with van der Waals surface area (Å²) < 4.78 is 0. The molecule has 1 amide bonds. The Morgan fingerprint density at radius 1 is 1.28 bits per heavy atom. The van der Waals surface area contributed by atoms with E-state index in [1.54, 1.807) is 0 Å². The third-order valence-corrected chi connectivity index (χ3v) is 4.27. The molecule has 4 nitrogen and oxygen atoms in total. The van der Waals surface area contributed by atoms with Gasteiger partial charge in [0.1, 0.15) is 0 Å². The lowest BCUT2D eigenvalue weighted by atomic mass is 9.90. The Labute approximate surface area is 110 Å². The van der Waals surface area contributed by atoms with Crippen molar-refractivity contribution in [3.8, 4) is 0 Å². The first-order chi connectivity index (χ1) is 8.42. The highest BCUT2D eigenvalue weighted by Gasteiger charge is 2.40. The van der Waals surface area contributed by atoms with Crippen LogP contribution in [0.1, 0.15) is 33.6 Å². The smallest absolute Gasteiger partial charge is 0.236 e. The minimum Gasteiger partial charge on any atom is -0.387 e. The molecule has 0 aromatic carbocycles. The van der Waals surface area contributed by atoms with Crippen molar-refractivity contribution in [3.05, 3.63) is 0 Å². The van der Waals surface area contributed by atoms with Gasteiger partial charge in [-0.1, -0.05) is 20.8 Å². The predicted octanol–water partition coefficient (Wildman–Crippen LogP) is 0.948. The Kier molecular flexibility index (Phi) is 3.97. The maximum absolute atomic E-state index is 12.2. The summed E-state index contributed by atoms with van der Waals surface area (Å²) in [5.41, 5.74) is -0.539. The van der Waals surface area contributed by atoms with Crippen molar-refractivity contribution in [3.63, 3.8) is 0 Å². The summed E-state index contributed by atoms with van der Waals surface area (Å²) in [6.07, 6.45) is 2.00. The van der Waals surface area contributed by atoms with Crippen molar-refractivity contribution in [2.45, 2.75) is 39.2 Å². The minimum atomic E-state index is -0.539. The van der Waals surface area contributed by atoms with E-state index in [4.69, 9.17) is 0 Å². The first kappa shape index (κ1) is 13.8. The van der Waals surface area contributed by atoms with E-state index in [-0.39, 0.29) is 5.91 Å². The molecular formula is C14H26N2O2. The summed E-state index contributed by atoms with van der Waals surface area (Å²) in [4.78, 5) is 16.2. The number of β-amino-alcohol motifs (C(OH)–C–C–N with tert-alkyl or cyclic N) is 1. The molecule has 4 heteroatoms. The molecule has 2 aliphatic heterocycles. The number of piperidine rings is 1. The number of hydrogen-bond donors (Lipinski definition) is 1. The zero-order chi connectivity index (χ0) is 13.3. The maximum Gasteiger partial charge on any atom is 0.236 e. The van der Waals surface area contributed by atoms with Crippen LogP contribution in [0.25, 0.3) is 0 Å². The summed E-state index contributed by atoms with van der Waals surface area (Å²) >= 11 is 0. The molecule has 0 spiro atoms. The molecular weight excluding hydrogens is 228 g/mol. The Balaban J connectivity index is 1.79. The highest BCUT2D eigenvalue weighted by Crippen LogP contribution is 2.25. The molecule has 2 saturated heterocycles. The van der Waals surface area contributed by atoms with Crippen LogP contribution in [0.2, 0.25) is 0 Å². The van der Waals surface area contributed by atoms with E-state index in [1.165, 1.54) is 6.42 Å². The second kappa shape index (κ2) is 5.17. The van der Waals surface area contributed by atoms with Gasteiger partial charge in [0.25, 0.3) is 0 Å². The van der Waals surface area contributed by atoms with Crippen LogP contribution in [0.15, 0.2) is 0 Å². The number of rotatable bonds is 3. The van der Waals surface area contributed by atoms with Gasteiger partial charge in [0, 0.05) is 26.2 Å². The van der Waals surface area contributed by atoms with Crippen LogP contribution in [0.4, 0.5) is 0 Å². The van der Waals surface area contributed by atoms with E-state index in [2.05, 4.69) is 18.7 Å². The summed E-state index contributed by atoms with van der Waals surface area (Å²) in [5, 5.41) is 9.93. The molecule has 0 bridgehead atoms. The van der Waals surface area contributed by atoms with Gasteiger partial charge in [0.05, 0.1) is 12.1 Å². The van der Waals surface area contributed by atoms with Gasteiger partial charge < -0.3 is 10.0 Å². The zero-order valence-corrected chi connectivity index (χ0v) is 11.9. The quantitative estimate of drug-likeness (QED) is 0.815. The van der Waals surface area contributed by atoms with Crippen LogP contribution < -0.4 is 0 Å². The minimum absolute atomic E-state index is 0.228. The zero-order valence-electron chi connectivity index (χ0n) is 11.9. The highest BCUT2D eigenvalue weighted by atomic mass is 16.3. The molecule has 0 aliphatic carbocycles. The van der Waals surface area contributed by atoms with Gasteiger partial charge in [-0.15, -0.1) is 0 Å². The van der Waals surface area contributed by atoms with Gasteiger partial charge in [-0.05, 0) is 24.7 Å². The highest BCUT2D eigenvalue weighted by molar-refractivity contribution is 5.78. The molecule has 2 atom stereocenters. The lowest BCUT2D eigenvalue weighted by molar-refractivity contribution is -0.144. The number of aliphatic hydroxyl groups is 1. The second-order valence-electron chi connectivity index (χ2n) is 6.47. The lowest BCUT2D eigenvalue weighted by Crippen LogP contribution is -2.63. The summed E-state index contributed by atoms with van der Waals surface area (Å²) in [5.74, 6) is 1.45. The molecule has 2 heterocycles. The number of nitrogens with zero attached hydrogens (tertiary/aromatic N) is 2. The summed E-state index contributed by atoms with van der Waals surface area (Å²) in [6.45, 7) is 9.99. The van der Waals surface area contributed by atoms with Crippen molar-refractivity contribution in [2.24, 2.45) is 11.8 Å². The Morgan fingerprint density at radius 2 is 1.83 bits per heavy atom. The van der Waals surface area contributed by atoms with Crippen LogP contribution in [0, 0.1) is 11.8 Å². The molecule has 2 unspecified atom stereocenters. The molecule has 2 fully saturated rings. The van der Waals surface area contributed by atoms with E-state index >= 15 is 0 Å². The van der Waals surface area contributed by atoms with Crippen molar-refractivity contribution >= 4 is 5.91 Å². The standard InChI is InChI=1S/C14H26N2O2/c1-4-14(18)9-15(10-14)8-13(17)16-6-11(2)5-12(3)7-16/h11-12,18H,4-10H2,1-3H3. The van der Waals surface area contributed by atoms with Crippen LogP contribution >= 0.6 is 0 Å². The largest absolute Gasteiger partial charge is 0.387 e. The molecule has 2 aliphatic rings. The normalized spacial score (nSPS) is 32.1. The van der Waals surface area contributed by atoms with Gasteiger partial charge in [-0.25, -0.2) is 0 Å². The summed E-state index contributed by atoms with van der Waals surface area (Å²) in [7, 11) is 0. The summed E-state index contributed by atoms with van der Waals surface area (Å²) in [6, 6.07) is 0. The number of carbonyl (C=O) groups excluding carboxylic acids is 1. The van der Waals surface area contributed by atoms with E-state index in [0.717, 1.165) is 19.5 Å². The Morgan fingerprint density at radius 3 is 2.33 bits per heavy atom. The molecule has 2 rings (SSSR count). The van der Waals surface area contributed by atoms with Crippen LogP contribution in [0.3, 0.4) is 0 Å². The molecule has 0 aromatic heterocycles. The van der Waals surface area contributed by atoms with Gasteiger partial charge in [0.15, 0.2) is 0 Å². The molecule has 104 valence electrons. The van der Waals surface area contributed by atoms with Crippen LogP contribution in [0.5, 0.6) is 0 Å². The van der Waals surface area contributed by atoms with E-state index in [0.29, 0.717) is 31.5 Å². The lowest BCUT2D eigenvalue weighted by Gasteiger charge is -2.46. The number of likely N-dealkylation sites (tertiary alicyclic amines) is 2. The van der Waals surface area contributed by atoms with Crippen molar-refractivity contribution < 1.29 is 9.90 Å². The molecule has 0 aromatic rings. The topological polar surface area (TPSA) is 43.8 Å². The Hall–Kier alpha value is -0.610. The number of amides is 1. The predicted molar refractivity (Wildman–Crippen MR) is 71.2 cm³/mol. The average molecular weight is 254 g/mol. The fourth-order valence-electron chi connectivity index (χ4n) is 3.28. The monoisotopic (exact) mass is 254 g/mol. The van der Waals surface area contributed by atoms with Gasteiger partial charge in [-0.2, -0.15) is 0 Å². The molecule has 0 saturated carbocycles. The van der Waals surface area contributed by atoms with Crippen molar-refractivity contribution in [2.75, 3.05) is 32.7 Å². The number of hydrogen-bond acceptors (Lipinski definition) is 3. The Bertz CT molecular complexity index is 303. The van der Waals surface area contributed by atoms with E-state index in [9.17, 15) is 9.90 Å². The van der Waals surface area contributed by atoms with Gasteiger partial charge >= 0.3 is 0 Å². The maximum atomic E-state index is 12.2. The number of carbonyl (C=O) groups is 1.